The highest BCUT2D eigenvalue weighted by Gasteiger charge is 2.33. The SMILES string of the molecule is O=C(N[C@@H](c1nccs1)[C@H]1CCCN(Cc2cccnc2)C1)C1CCCC1. The van der Waals surface area contributed by atoms with Gasteiger partial charge in [-0.05, 0) is 49.8 Å². The summed E-state index contributed by atoms with van der Waals surface area (Å²) < 4.78 is 0. The van der Waals surface area contributed by atoms with E-state index in [1.807, 2.05) is 30.0 Å². The summed E-state index contributed by atoms with van der Waals surface area (Å²) in [6, 6.07) is 4.17. The van der Waals surface area contributed by atoms with Gasteiger partial charge in [-0.25, -0.2) is 4.98 Å². The third kappa shape index (κ3) is 4.74. The maximum Gasteiger partial charge on any atom is 0.223 e. The van der Waals surface area contributed by atoms with Crippen molar-refractivity contribution in [2.45, 2.75) is 51.1 Å². The summed E-state index contributed by atoms with van der Waals surface area (Å²) >= 11 is 1.66. The first-order valence-corrected chi connectivity index (χ1v) is 11.0. The Bertz CT molecular complexity index is 715. The van der Waals surface area contributed by atoms with Crippen LogP contribution in [0.2, 0.25) is 0 Å². The van der Waals surface area contributed by atoms with Crippen molar-refractivity contribution in [1.82, 2.24) is 20.2 Å². The second-order valence-corrected chi connectivity index (χ2v) is 8.76. The number of piperidine rings is 1. The molecule has 5 nitrogen and oxygen atoms in total. The minimum atomic E-state index is 0.0369. The Morgan fingerprint density at radius 3 is 2.89 bits per heavy atom. The zero-order chi connectivity index (χ0) is 18.5. The van der Waals surface area contributed by atoms with Crippen LogP contribution in [-0.4, -0.2) is 33.9 Å². The minimum absolute atomic E-state index is 0.0369. The molecule has 6 heteroatoms. The maximum atomic E-state index is 12.8. The van der Waals surface area contributed by atoms with E-state index in [1.165, 1.54) is 18.4 Å². The fourth-order valence-electron chi connectivity index (χ4n) is 4.49. The molecule has 1 aliphatic heterocycles. The number of thiazole rings is 1. The third-order valence-electron chi connectivity index (χ3n) is 5.88. The Morgan fingerprint density at radius 2 is 2.15 bits per heavy atom. The Balaban J connectivity index is 1.45. The highest BCUT2D eigenvalue weighted by atomic mass is 32.1. The van der Waals surface area contributed by atoms with E-state index in [4.69, 9.17) is 0 Å². The number of rotatable bonds is 6. The summed E-state index contributed by atoms with van der Waals surface area (Å²) in [5.41, 5.74) is 1.25. The molecule has 0 unspecified atom stereocenters. The zero-order valence-corrected chi connectivity index (χ0v) is 16.5. The van der Waals surface area contributed by atoms with Crippen molar-refractivity contribution in [3.05, 3.63) is 46.7 Å². The normalized spacial score (nSPS) is 22.6. The molecule has 1 aliphatic carbocycles. The summed E-state index contributed by atoms with van der Waals surface area (Å²) in [4.78, 5) is 24.1. The van der Waals surface area contributed by atoms with Crippen LogP contribution in [0.1, 0.15) is 55.1 Å². The number of carbonyl (C=O) groups is 1. The summed E-state index contributed by atoms with van der Waals surface area (Å²) in [6.45, 7) is 3.02. The third-order valence-corrected chi connectivity index (χ3v) is 6.74. The van der Waals surface area contributed by atoms with Gasteiger partial charge in [-0.2, -0.15) is 0 Å². The molecule has 0 bridgehead atoms. The molecule has 1 N–H and O–H groups in total. The fourth-order valence-corrected chi connectivity index (χ4v) is 5.27. The first-order chi connectivity index (χ1) is 13.3. The lowest BCUT2D eigenvalue weighted by Crippen LogP contribution is -2.43. The van der Waals surface area contributed by atoms with E-state index < -0.39 is 0 Å². The molecule has 0 aromatic carbocycles. The monoisotopic (exact) mass is 384 g/mol. The van der Waals surface area contributed by atoms with Crippen LogP contribution in [0.3, 0.4) is 0 Å². The number of aromatic nitrogens is 2. The van der Waals surface area contributed by atoms with Gasteiger partial charge < -0.3 is 5.32 Å². The zero-order valence-electron chi connectivity index (χ0n) is 15.7. The van der Waals surface area contributed by atoms with Crippen molar-refractivity contribution in [3.8, 4) is 0 Å². The van der Waals surface area contributed by atoms with Gasteiger partial charge in [-0.1, -0.05) is 18.9 Å². The van der Waals surface area contributed by atoms with Gasteiger partial charge in [0.1, 0.15) is 5.01 Å². The van der Waals surface area contributed by atoms with Crippen molar-refractivity contribution in [3.63, 3.8) is 0 Å². The molecule has 144 valence electrons. The molecular formula is C21H28N4OS. The van der Waals surface area contributed by atoms with Gasteiger partial charge in [-0.15, -0.1) is 11.3 Å². The number of likely N-dealkylation sites (tertiary alicyclic amines) is 1. The van der Waals surface area contributed by atoms with Crippen LogP contribution < -0.4 is 5.32 Å². The molecular weight excluding hydrogens is 356 g/mol. The predicted octanol–water partition coefficient (Wildman–Crippen LogP) is 3.80. The molecule has 1 saturated heterocycles. The summed E-state index contributed by atoms with van der Waals surface area (Å²) in [6.07, 6.45) is 12.4. The van der Waals surface area contributed by atoms with E-state index in [-0.39, 0.29) is 17.9 Å². The van der Waals surface area contributed by atoms with Crippen LogP contribution >= 0.6 is 11.3 Å². The Labute approximate surface area is 165 Å². The van der Waals surface area contributed by atoms with Gasteiger partial charge in [-0.3, -0.25) is 14.7 Å². The molecule has 0 radical (unpaired) electrons. The van der Waals surface area contributed by atoms with Crippen LogP contribution in [0.5, 0.6) is 0 Å². The summed E-state index contributed by atoms with van der Waals surface area (Å²) in [5.74, 6) is 0.839. The summed E-state index contributed by atoms with van der Waals surface area (Å²) in [5, 5.41) is 6.45. The van der Waals surface area contributed by atoms with E-state index in [2.05, 4.69) is 26.3 Å². The molecule has 4 rings (SSSR count). The standard InChI is InChI=1S/C21H28N4OS/c26-20(17-6-1-2-7-17)24-19(21-23-10-12-27-21)18-8-4-11-25(15-18)14-16-5-3-9-22-13-16/h3,5,9-10,12-13,17-19H,1-2,4,6-8,11,14-15H2,(H,24,26)/t18-,19+/m0/s1. The molecule has 1 saturated carbocycles. The van der Waals surface area contributed by atoms with Crippen LogP contribution in [0.25, 0.3) is 0 Å². The molecule has 2 aliphatic rings. The van der Waals surface area contributed by atoms with Crippen LogP contribution in [0, 0.1) is 11.8 Å². The summed E-state index contributed by atoms with van der Waals surface area (Å²) in [7, 11) is 0. The highest BCUT2D eigenvalue weighted by molar-refractivity contribution is 7.09. The molecule has 2 aromatic heterocycles. The Morgan fingerprint density at radius 1 is 1.26 bits per heavy atom. The van der Waals surface area contributed by atoms with Crippen molar-refractivity contribution >= 4 is 17.2 Å². The second-order valence-electron chi connectivity index (χ2n) is 7.84. The van der Waals surface area contributed by atoms with Crippen molar-refractivity contribution in [2.75, 3.05) is 13.1 Å². The highest BCUT2D eigenvalue weighted by Crippen LogP contribution is 2.33. The predicted molar refractivity (Wildman–Crippen MR) is 107 cm³/mol. The molecule has 3 heterocycles. The first-order valence-electron chi connectivity index (χ1n) is 10.1. The van der Waals surface area contributed by atoms with Gasteiger partial charge in [0.25, 0.3) is 0 Å². The van der Waals surface area contributed by atoms with Gasteiger partial charge in [0, 0.05) is 43.0 Å². The lowest BCUT2D eigenvalue weighted by Gasteiger charge is -2.37. The van der Waals surface area contributed by atoms with E-state index >= 15 is 0 Å². The van der Waals surface area contributed by atoms with Crippen LogP contribution in [0.15, 0.2) is 36.1 Å². The lowest BCUT2D eigenvalue weighted by molar-refractivity contribution is -0.126. The van der Waals surface area contributed by atoms with Gasteiger partial charge in [0.15, 0.2) is 0 Å². The Kier molecular flexibility index (Phi) is 6.14. The number of amides is 1. The molecule has 2 fully saturated rings. The maximum absolute atomic E-state index is 12.8. The number of nitrogens with one attached hydrogen (secondary N) is 1. The number of nitrogens with zero attached hydrogens (tertiary/aromatic N) is 3. The number of hydrogen-bond acceptors (Lipinski definition) is 5. The van der Waals surface area contributed by atoms with Crippen molar-refractivity contribution in [2.24, 2.45) is 11.8 Å². The Hall–Kier alpha value is -1.79. The van der Waals surface area contributed by atoms with E-state index in [0.29, 0.717) is 5.92 Å². The molecule has 27 heavy (non-hydrogen) atoms. The minimum Gasteiger partial charge on any atom is -0.346 e. The van der Waals surface area contributed by atoms with Gasteiger partial charge in [0.05, 0.1) is 6.04 Å². The van der Waals surface area contributed by atoms with Gasteiger partial charge in [0.2, 0.25) is 5.91 Å². The van der Waals surface area contributed by atoms with E-state index in [0.717, 1.165) is 50.3 Å². The lowest BCUT2D eigenvalue weighted by atomic mass is 9.90. The smallest absolute Gasteiger partial charge is 0.223 e. The second kappa shape index (κ2) is 8.93. The molecule has 0 spiro atoms. The van der Waals surface area contributed by atoms with Crippen molar-refractivity contribution < 1.29 is 4.79 Å². The first kappa shape index (κ1) is 18.6. The van der Waals surface area contributed by atoms with Crippen LogP contribution in [-0.2, 0) is 11.3 Å². The molecule has 2 atom stereocenters. The van der Waals surface area contributed by atoms with Crippen LogP contribution in [0.4, 0.5) is 0 Å². The largest absolute Gasteiger partial charge is 0.346 e. The van der Waals surface area contributed by atoms with E-state index in [9.17, 15) is 4.79 Å². The van der Waals surface area contributed by atoms with Crippen molar-refractivity contribution in [1.29, 1.82) is 0 Å². The van der Waals surface area contributed by atoms with E-state index in [1.54, 1.807) is 11.3 Å². The molecule has 2 aromatic rings. The quantitative estimate of drug-likeness (QED) is 0.823. The number of hydrogen-bond donors (Lipinski definition) is 1. The fraction of sp³-hybridized carbons (Fsp3) is 0.571. The number of pyridine rings is 1. The number of carbonyl (C=O) groups excluding carboxylic acids is 1. The van der Waals surface area contributed by atoms with Gasteiger partial charge >= 0.3 is 0 Å². The average molecular weight is 385 g/mol. The average Bonchev–Trinajstić information content (AvgIpc) is 3.41. The molecule has 1 amide bonds. The topological polar surface area (TPSA) is 58.1 Å².